The summed E-state index contributed by atoms with van der Waals surface area (Å²) >= 11 is 1.66. The predicted molar refractivity (Wildman–Crippen MR) is 56.2 cm³/mol. The molecule has 2 unspecified atom stereocenters. The summed E-state index contributed by atoms with van der Waals surface area (Å²) in [5.41, 5.74) is -0.484. The first-order chi connectivity index (χ1) is 6.73. The highest BCUT2D eigenvalue weighted by molar-refractivity contribution is 7.11. The van der Waals surface area contributed by atoms with Gasteiger partial charge >= 0.3 is 0 Å². The van der Waals surface area contributed by atoms with Crippen LogP contribution in [0.25, 0.3) is 0 Å². The van der Waals surface area contributed by atoms with Crippen molar-refractivity contribution in [2.24, 2.45) is 11.8 Å². The zero-order chi connectivity index (χ0) is 9.76. The lowest BCUT2D eigenvalue weighted by Gasteiger charge is -2.05. The van der Waals surface area contributed by atoms with Crippen LogP contribution in [0.3, 0.4) is 0 Å². The van der Waals surface area contributed by atoms with Crippen LogP contribution >= 0.6 is 11.3 Å². The van der Waals surface area contributed by atoms with Gasteiger partial charge in [-0.15, -0.1) is 11.3 Å². The van der Waals surface area contributed by atoms with Crippen LogP contribution in [0.15, 0.2) is 6.20 Å². The predicted octanol–water partition coefficient (Wildman–Crippen LogP) is 2.46. The molecule has 3 rings (SSSR count). The molecule has 1 aromatic heterocycles. The Bertz CT molecular complexity index is 348. The van der Waals surface area contributed by atoms with Crippen LogP contribution in [-0.4, -0.2) is 10.1 Å². The standard InChI is InChI=1S/C11H15NOS/c1-7-12-6-10(14-7)11(13)8-4-2-3-5-9(8)11/h6,8-9,13H,2-5H2,1H3. The fourth-order valence-electron chi connectivity index (χ4n) is 3.00. The summed E-state index contributed by atoms with van der Waals surface area (Å²) in [6.07, 6.45) is 6.87. The highest BCUT2D eigenvalue weighted by Gasteiger charge is 2.65. The Labute approximate surface area is 88.0 Å². The second-order valence-corrected chi connectivity index (χ2v) is 5.80. The molecule has 2 nitrogen and oxygen atoms in total. The third kappa shape index (κ3) is 1.03. The van der Waals surface area contributed by atoms with Crippen molar-refractivity contribution in [2.45, 2.75) is 38.2 Å². The van der Waals surface area contributed by atoms with E-state index in [-0.39, 0.29) is 0 Å². The van der Waals surface area contributed by atoms with Gasteiger partial charge in [-0.3, -0.25) is 0 Å². The molecule has 1 N–H and O–H groups in total. The zero-order valence-electron chi connectivity index (χ0n) is 8.36. The zero-order valence-corrected chi connectivity index (χ0v) is 9.18. The number of hydrogen-bond acceptors (Lipinski definition) is 3. The molecule has 0 radical (unpaired) electrons. The number of nitrogens with zero attached hydrogens (tertiary/aromatic N) is 1. The van der Waals surface area contributed by atoms with Gasteiger partial charge in [0.2, 0.25) is 0 Å². The summed E-state index contributed by atoms with van der Waals surface area (Å²) in [5.74, 6) is 1.08. The molecule has 0 aliphatic heterocycles. The molecule has 2 saturated carbocycles. The summed E-state index contributed by atoms with van der Waals surface area (Å²) < 4.78 is 0. The quantitative estimate of drug-likeness (QED) is 0.770. The second-order valence-electron chi connectivity index (χ2n) is 4.57. The van der Waals surface area contributed by atoms with E-state index in [0.29, 0.717) is 11.8 Å². The Morgan fingerprint density at radius 3 is 2.57 bits per heavy atom. The molecular weight excluding hydrogens is 194 g/mol. The minimum absolute atomic E-state index is 0.484. The average molecular weight is 209 g/mol. The lowest BCUT2D eigenvalue weighted by atomic mass is 10.0. The van der Waals surface area contributed by atoms with Gasteiger partial charge in [-0.2, -0.15) is 0 Å². The number of thiazole rings is 1. The van der Waals surface area contributed by atoms with E-state index in [1.54, 1.807) is 11.3 Å². The van der Waals surface area contributed by atoms with Crippen LogP contribution in [0, 0.1) is 18.8 Å². The first kappa shape index (κ1) is 8.86. The van der Waals surface area contributed by atoms with Crippen molar-refractivity contribution in [3.63, 3.8) is 0 Å². The van der Waals surface area contributed by atoms with Crippen LogP contribution in [0.4, 0.5) is 0 Å². The van der Waals surface area contributed by atoms with Crippen molar-refractivity contribution >= 4 is 11.3 Å². The first-order valence-electron chi connectivity index (χ1n) is 5.38. The first-order valence-corrected chi connectivity index (χ1v) is 6.20. The summed E-state index contributed by atoms with van der Waals surface area (Å²) in [4.78, 5) is 5.34. The van der Waals surface area contributed by atoms with Crippen LogP contribution in [0.2, 0.25) is 0 Å². The monoisotopic (exact) mass is 209 g/mol. The molecule has 0 amide bonds. The van der Waals surface area contributed by atoms with Crippen LogP contribution in [0.5, 0.6) is 0 Å². The van der Waals surface area contributed by atoms with E-state index < -0.39 is 5.60 Å². The fourth-order valence-corrected chi connectivity index (χ4v) is 4.00. The van der Waals surface area contributed by atoms with Crippen LogP contribution < -0.4 is 0 Å². The molecule has 2 atom stereocenters. The fraction of sp³-hybridized carbons (Fsp3) is 0.727. The van der Waals surface area contributed by atoms with Gasteiger partial charge in [-0.05, 0) is 31.6 Å². The van der Waals surface area contributed by atoms with Gasteiger partial charge in [0.05, 0.1) is 9.88 Å². The van der Waals surface area contributed by atoms with Crippen molar-refractivity contribution in [3.05, 3.63) is 16.1 Å². The van der Waals surface area contributed by atoms with Crippen molar-refractivity contribution in [1.29, 1.82) is 0 Å². The molecule has 0 bridgehead atoms. The molecule has 1 heterocycles. The molecule has 1 aromatic rings. The Morgan fingerprint density at radius 2 is 2.07 bits per heavy atom. The third-order valence-corrected chi connectivity index (χ3v) is 4.86. The average Bonchev–Trinajstić information content (AvgIpc) is 2.57. The number of aryl methyl sites for hydroxylation is 1. The maximum absolute atomic E-state index is 10.5. The van der Waals surface area contributed by atoms with Gasteiger partial charge in [-0.1, -0.05) is 12.8 Å². The van der Waals surface area contributed by atoms with Crippen molar-refractivity contribution in [2.75, 3.05) is 0 Å². The minimum Gasteiger partial charge on any atom is -0.384 e. The number of fused-ring (bicyclic) bond motifs is 1. The number of hydrogen-bond donors (Lipinski definition) is 1. The van der Waals surface area contributed by atoms with Gasteiger partial charge in [0.25, 0.3) is 0 Å². The van der Waals surface area contributed by atoms with E-state index in [2.05, 4.69) is 4.98 Å². The Morgan fingerprint density at radius 1 is 1.43 bits per heavy atom. The highest BCUT2D eigenvalue weighted by atomic mass is 32.1. The molecule has 76 valence electrons. The molecule has 0 aromatic carbocycles. The van der Waals surface area contributed by atoms with Gasteiger partial charge < -0.3 is 5.11 Å². The molecule has 2 aliphatic rings. The smallest absolute Gasteiger partial charge is 0.107 e. The summed E-state index contributed by atoms with van der Waals surface area (Å²) in [6, 6.07) is 0. The number of aliphatic hydroxyl groups is 1. The molecule has 3 heteroatoms. The van der Waals surface area contributed by atoms with E-state index in [1.165, 1.54) is 25.7 Å². The van der Waals surface area contributed by atoms with E-state index in [9.17, 15) is 5.11 Å². The van der Waals surface area contributed by atoms with Crippen molar-refractivity contribution in [3.8, 4) is 0 Å². The van der Waals surface area contributed by atoms with Gasteiger partial charge in [0.15, 0.2) is 0 Å². The second kappa shape index (κ2) is 2.80. The molecule has 14 heavy (non-hydrogen) atoms. The molecule has 2 aliphatic carbocycles. The minimum atomic E-state index is -0.484. The van der Waals surface area contributed by atoms with E-state index in [1.807, 2.05) is 13.1 Å². The topological polar surface area (TPSA) is 33.1 Å². The molecule has 0 spiro atoms. The van der Waals surface area contributed by atoms with Gasteiger partial charge in [0, 0.05) is 6.20 Å². The van der Waals surface area contributed by atoms with E-state index in [4.69, 9.17) is 0 Å². The van der Waals surface area contributed by atoms with E-state index in [0.717, 1.165) is 9.88 Å². The van der Waals surface area contributed by atoms with Crippen LogP contribution in [0.1, 0.15) is 35.6 Å². The Balaban J connectivity index is 1.92. The van der Waals surface area contributed by atoms with Crippen molar-refractivity contribution in [1.82, 2.24) is 4.98 Å². The van der Waals surface area contributed by atoms with Crippen molar-refractivity contribution < 1.29 is 5.11 Å². The third-order valence-electron chi connectivity index (χ3n) is 3.80. The number of rotatable bonds is 1. The Hall–Kier alpha value is -0.410. The number of aromatic nitrogens is 1. The summed E-state index contributed by atoms with van der Waals surface area (Å²) in [5, 5.41) is 11.6. The lowest BCUT2D eigenvalue weighted by Crippen LogP contribution is -2.07. The molecular formula is C11H15NOS. The summed E-state index contributed by atoms with van der Waals surface area (Å²) in [7, 11) is 0. The maximum Gasteiger partial charge on any atom is 0.107 e. The van der Waals surface area contributed by atoms with Gasteiger partial charge in [0.1, 0.15) is 5.60 Å². The van der Waals surface area contributed by atoms with Crippen LogP contribution in [-0.2, 0) is 5.60 Å². The van der Waals surface area contributed by atoms with Gasteiger partial charge in [-0.25, -0.2) is 4.98 Å². The highest BCUT2D eigenvalue weighted by Crippen LogP contribution is 2.65. The SMILES string of the molecule is Cc1ncc(C2(O)C3CCCCC32)s1. The summed E-state index contributed by atoms with van der Waals surface area (Å²) in [6.45, 7) is 2.00. The molecule has 0 saturated heterocycles. The maximum atomic E-state index is 10.5. The Kier molecular flexibility index (Phi) is 1.77. The lowest BCUT2D eigenvalue weighted by molar-refractivity contribution is 0.122. The van der Waals surface area contributed by atoms with E-state index >= 15 is 0 Å². The normalized spacial score (nSPS) is 40.7. The largest absolute Gasteiger partial charge is 0.384 e. The molecule has 2 fully saturated rings.